The van der Waals surface area contributed by atoms with Crippen LogP contribution in [0.2, 0.25) is 0 Å². The van der Waals surface area contributed by atoms with Crippen molar-refractivity contribution in [1.29, 1.82) is 0 Å². The maximum atomic E-state index is 12.4. The monoisotopic (exact) mass is 296 g/mol. The van der Waals surface area contributed by atoms with Gasteiger partial charge in [0.05, 0.1) is 6.10 Å². The number of rotatable bonds is 4. The normalized spacial score (nSPS) is 30.7. The zero-order valence-corrected chi connectivity index (χ0v) is 13.6. The fourth-order valence-electron chi connectivity index (χ4n) is 3.33. The van der Waals surface area contributed by atoms with Gasteiger partial charge in [-0.25, -0.2) is 0 Å². The first-order valence-electron chi connectivity index (χ1n) is 8.03. The summed E-state index contributed by atoms with van der Waals surface area (Å²) in [6, 6.07) is -0.801. The van der Waals surface area contributed by atoms with Crippen molar-refractivity contribution in [3.05, 3.63) is 0 Å². The number of ether oxygens (including phenoxy) is 1. The van der Waals surface area contributed by atoms with Crippen molar-refractivity contribution >= 4 is 11.8 Å². The minimum atomic E-state index is -0.418. The molecule has 0 bridgehead atoms. The van der Waals surface area contributed by atoms with E-state index in [0.717, 1.165) is 32.3 Å². The Hall–Kier alpha value is -1.10. The van der Waals surface area contributed by atoms with E-state index in [9.17, 15) is 9.59 Å². The number of carbonyl (C=O) groups is 2. The van der Waals surface area contributed by atoms with Crippen molar-refractivity contribution in [3.8, 4) is 0 Å². The molecule has 2 heterocycles. The van der Waals surface area contributed by atoms with Gasteiger partial charge in [0.2, 0.25) is 11.8 Å². The Bertz CT molecular complexity index is 397. The number of piperazine rings is 1. The molecule has 0 aliphatic carbocycles. The van der Waals surface area contributed by atoms with Crippen LogP contribution in [0.25, 0.3) is 0 Å². The van der Waals surface area contributed by atoms with Gasteiger partial charge in [-0.2, -0.15) is 0 Å². The lowest BCUT2D eigenvalue weighted by atomic mass is 9.83. The van der Waals surface area contributed by atoms with Crippen LogP contribution in [0.4, 0.5) is 0 Å². The molecular formula is C16H28N2O3. The lowest BCUT2D eigenvalue weighted by molar-refractivity contribution is -0.153. The van der Waals surface area contributed by atoms with Gasteiger partial charge in [0.25, 0.3) is 0 Å². The van der Waals surface area contributed by atoms with Gasteiger partial charge >= 0.3 is 0 Å². The molecular weight excluding hydrogens is 268 g/mol. The van der Waals surface area contributed by atoms with Crippen molar-refractivity contribution in [2.75, 3.05) is 13.2 Å². The summed E-state index contributed by atoms with van der Waals surface area (Å²) in [5.74, 6) is -0.00594. The molecule has 0 radical (unpaired) electrons. The average molecular weight is 296 g/mol. The summed E-state index contributed by atoms with van der Waals surface area (Å²) in [6.07, 6.45) is 4.45. The molecule has 3 atom stereocenters. The Labute approximate surface area is 127 Å². The van der Waals surface area contributed by atoms with Crippen LogP contribution in [0.5, 0.6) is 0 Å². The fraction of sp³-hybridized carbons (Fsp3) is 0.875. The van der Waals surface area contributed by atoms with Crippen LogP contribution in [0.15, 0.2) is 0 Å². The van der Waals surface area contributed by atoms with Gasteiger partial charge in [0.1, 0.15) is 12.1 Å². The second kappa shape index (κ2) is 6.34. The molecule has 0 spiro atoms. The summed E-state index contributed by atoms with van der Waals surface area (Å²) in [5.41, 5.74) is -0.260. The fourth-order valence-corrected chi connectivity index (χ4v) is 3.33. The van der Waals surface area contributed by atoms with Gasteiger partial charge in [-0.3, -0.25) is 9.59 Å². The Morgan fingerprint density at radius 1 is 1.33 bits per heavy atom. The number of amides is 2. The first kappa shape index (κ1) is 16.3. The highest BCUT2D eigenvalue weighted by Gasteiger charge is 2.44. The maximum absolute atomic E-state index is 12.4. The number of nitrogens with one attached hydrogen (secondary N) is 1. The van der Waals surface area contributed by atoms with Gasteiger partial charge in [0.15, 0.2) is 0 Å². The molecule has 5 heteroatoms. The summed E-state index contributed by atoms with van der Waals surface area (Å²) in [4.78, 5) is 26.5. The summed E-state index contributed by atoms with van der Waals surface area (Å²) >= 11 is 0. The van der Waals surface area contributed by atoms with Crippen LogP contribution < -0.4 is 5.32 Å². The maximum Gasteiger partial charge on any atom is 0.245 e. The molecule has 2 saturated heterocycles. The van der Waals surface area contributed by atoms with E-state index in [2.05, 4.69) is 5.32 Å². The van der Waals surface area contributed by atoms with E-state index in [1.54, 1.807) is 11.8 Å². The summed E-state index contributed by atoms with van der Waals surface area (Å²) in [7, 11) is 0. The Kier molecular flexibility index (Phi) is 4.91. The number of carbonyl (C=O) groups excluding carboxylic acids is 2. The Morgan fingerprint density at radius 3 is 2.62 bits per heavy atom. The first-order chi connectivity index (χ1) is 9.80. The van der Waals surface area contributed by atoms with Crippen molar-refractivity contribution in [2.45, 2.75) is 71.6 Å². The molecule has 2 fully saturated rings. The van der Waals surface area contributed by atoms with E-state index in [-0.39, 0.29) is 23.3 Å². The first-order valence-corrected chi connectivity index (χ1v) is 8.03. The molecule has 1 N–H and O–H groups in total. The Balaban J connectivity index is 2.00. The average Bonchev–Trinajstić information content (AvgIpc) is 2.86. The zero-order chi connectivity index (χ0) is 15.6. The van der Waals surface area contributed by atoms with Gasteiger partial charge in [-0.05, 0) is 38.0 Å². The lowest BCUT2D eigenvalue weighted by Gasteiger charge is -2.44. The molecule has 0 aromatic rings. The van der Waals surface area contributed by atoms with Crippen molar-refractivity contribution < 1.29 is 14.3 Å². The largest absolute Gasteiger partial charge is 0.378 e. The summed E-state index contributed by atoms with van der Waals surface area (Å²) in [6.45, 7) is 9.27. The molecule has 0 saturated carbocycles. The highest BCUT2D eigenvalue weighted by molar-refractivity contribution is 5.97. The van der Waals surface area contributed by atoms with Crippen molar-refractivity contribution in [2.24, 2.45) is 5.41 Å². The minimum Gasteiger partial charge on any atom is -0.378 e. The molecule has 2 aliphatic heterocycles. The van der Waals surface area contributed by atoms with E-state index in [4.69, 9.17) is 4.74 Å². The third-order valence-corrected chi connectivity index (χ3v) is 4.34. The van der Waals surface area contributed by atoms with E-state index in [1.807, 2.05) is 20.8 Å². The van der Waals surface area contributed by atoms with Crippen LogP contribution in [0.3, 0.4) is 0 Å². The quantitative estimate of drug-likeness (QED) is 0.859. The number of hydrogen-bond donors (Lipinski definition) is 1. The molecule has 0 aromatic heterocycles. The lowest BCUT2D eigenvalue weighted by Crippen LogP contribution is -2.66. The van der Waals surface area contributed by atoms with Gasteiger partial charge in [-0.1, -0.05) is 20.8 Å². The highest BCUT2D eigenvalue weighted by atomic mass is 16.5. The predicted octanol–water partition coefficient (Wildman–Crippen LogP) is 1.71. The van der Waals surface area contributed by atoms with E-state index in [1.165, 1.54) is 0 Å². The third-order valence-electron chi connectivity index (χ3n) is 4.34. The van der Waals surface area contributed by atoms with Crippen LogP contribution >= 0.6 is 0 Å². The second-order valence-electron chi connectivity index (χ2n) is 7.31. The van der Waals surface area contributed by atoms with Crippen LogP contribution in [-0.4, -0.2) is 48.1 Å². The molecule has 3 unspecified atom stereocenters. The molecule has 2 rings (SSSR count). The van der Waals surface area contributed by atoms with Crippen molar-refractivity contribution in [1.82, 2.24) is 10.2 Å². The highest BCUT2D eigenvalue weighted by Crippen LogP contribution is 2.28. The number of hydrogen-bond acceptors (Lipinski definition) is 3. The van der Waals surface area contributed by atoms with Crippen molar-refractivity contribution in [3.63, 3.8) is 0 Å². The zero-order valence-electron chi connectivity index (χ0n) is 13.6. The molecule has 2 aliphatic rings. The third kappa shape index (κ3) is 3.76. The minimum absolute atomic E-state index is 0.0295. The standard InChI is InChI=1S/C16H28N2O3/c1-11-15(20)18(9-5-7-12-8-6-10-21-12)13(14(19)17-11)16(2,3)4/h11-13H,5-10H2,1-4H3,(H,17,19). The van der Waals surface area contributed by atoms with Gasteiger partial charge in [0, 0.05) is 13.2 Å². The van der Waals surface area contributed by atoms with Crippen LogP contribution in [0, 0.1) is 5.41 Å². The summed E-state index contributed by atoms with van der Waals surface area (Å²) in [5, 5.41) is 2.79. The molecule has 120 valence electrons. The molecule has 5 nitrogen and oxygen atoms in total. The Morgan fingerprint density at radius 2 is 2.05 bits per heavy atom. The van der Waals surface area contributed by atoms with Gasteiger partial charge < -0.3 is 15.0 Å². The predicted molar refractivity (Wildman–Crippen MR) is 80.8 cm³/mol. The van der Waals surface area contributed by atoms with E-state index in [0.29, 0.717) is 12.6 Å². The SMILES string of the molecule is CC1NC(=O)C(C(C)(C)C)N(CCCC2CCCO2)C1=O. The molecule has 0 aromatic carbocycles. The second-order valence-corrected chi connectivity index (χ2v) is 7.31. The van der Waals surface area contributed by atoms with Crippen LogP contribution in [0.1, 0.15) is 53.4 Å². The van der Waals surface area contributed by atoms with E-state index < -0.39 is 6.04 Å². The summed E-state index contributed by atoms with van der Waals surface area (Å²) < 4.78 is 5.62. The molecule has 2 amide bonds. The van der Waals surface area contributed by atoms with Crippen LogP contribution in [-0.2, 0) is 14.3 Å². The molecule has 21 heavy (non-hydrogen) atoms. The van der Waals surface area contributed by atoms with Gasteiger partial charge in [-0.15, -0.1) is 0 Å². The topological polar surface area (TPSA) is 58.6 Å². The smallest absolute Gasteiger partial charge is 0.245 e. The number of nitrogens with zero attached hydrogens (tertiary/aromatic N) is 1. The van der Waals surface area contributed by atoms with E-state index >= 15 is 0 Å².